The number of rotatable bonds is 6. The van der Waals surface area contributed by atoms with E-state index < -0.39 is 17.6 Å². The molecule has 4 rings (SSSR count). The van der Waals surface area contributed by atoms with Gasteiger partial charge in [-0.15, -0.1) is 10.2 Å². The first-order chi connectivity index (χ1) is 14.7. The average Bonchev–Trinajstić information content (AvgIpc) is 3.27. The molecule has 0 unspecified atom stereocenters. The predicted octanol–water partition coefficient (Wildman–Crippen LogP) is 3.29. The molecule has 0 saturated carbocycles. The number of nitrogens with two attached hydrogens (primary N) is 1. The number of nitrogens with zero attached hydrogens (tertiary/aromatic N) is 4. The lowest BCUT2D eigenvalue weighted by atomic mass is 10.2. The first-order valence-corrected chi connectivity index (χ1v) is 10.7. The minimum Gasteiger partial charge on any atom is -0.369 e. The summed E-state index contributed by atoms with van der Waals surface area (Å²) in [5.74, 6) is -0.486. The van der Waals surface area contributed by atoms with Gasteiger partial charge in [-0.3, -0.25) is 18.7 Å². The number of primary amides is 1. The Kier molecular flexibility index (Phi) is 5.58. The molecule has 2 heterocycles. The van der Waals surface area contributed by atoms with Crippen LogP contribution < -0.4 is 10.6 Å². The zero-order chi connectivity index (χ0) is 22.2. The van der Waals surface area contributed by atoms with Crippen molar-refractivity contribution in [3.8, 4) is 5.69 Å². The summed E-state index contributed by atoms with van der Waals surface area (Å²) in [7, 11) is 0. The van der Waals surface area contributed by atoms with Crippen molar-refractivity contribution in [2.45, 2.75) is 17.9 Å². The second kappa shape index (κ2) is 8.19. The second-order valence-corrected chi connectivity index (χ2v) is 8.39. The van der Waals surface area contributed by atoms with Crippen molar-refractivity contribution >= 4 is 39.2 Å². The summed E-state index contributed by atoms with van der Waals surface area (Å²) < 4.78 is 43.4. The average molecular weight is 465 g/mol. The van der Waals surface area contributed by atoms with E-state index in [9.17, 15) is 22.8 Å². The number of carbonyl (C=O) groups is 1. The fourth-order valence-electron chi connectivity index (χ4n) is 3.02. The molecule has 0 atom stereocenters. The van der Waals surface area contributed by atoms with Crippen LogP contribution in [0.1, 0.15) is 11.4 Å². The molecule has 2 aromatic carbocycles. The first kappa shape index (κ1) is 21.1. The summed E-state index contributed by atoms with van der Waals surface area (Å²) in [5, 5.41) is 8.31. The summed E-state index contributed by atoms with van der Waals surface area (Å²) >= 11 is 2.01. The molecule has 2 aromatic heterocycles. The summed E-state index contributed by atoms with van der Waals surface area (Å²) in [4.78, 5) is 23.5. The third-order valence-corrected chi connectivity index (χ3v) is 6.26. The minimum atomic E-state index is -4.54. The Labute approximate surface area is 181 Å². The van der Waals surface area contributed by atoms with Crippen molar-refractivity contribution in [3.63, 3.8) is 0 Å². The molecule has 0 aliphatic carbocycles. The smallest absolute Gasteiger partial charge is 0.369 e. The van der Waals surface area contributed by atoms with Gasteiger partial charge in [0.05, 0.1) is 33.8 Å². The molecular weight excluding hydrogens is 451 g/mol. The van der Waals surface area contributed by atoms with Crippen LogP contribution in [0.3, 0.4) is 0 Å². The van der Waals surface area contributed by atoms with Gasteiger partial charge in [0, 0.05) is 0 Å². The Morgan fingerprint density at radius 2 is 1.90 bits per heavy atom. The van der Waals surface area contributed by atoms with Gasteiger partial charge in [0.15, 0.2) is 11.0 Å². The van der Waals surface area contributed by atoms with E-state index in [4.69, 9.17) is 5.73 Å². The van der Waals surface area contributed by atoms with Crippen LogP contribution in [0.2, 0.25) is 0 Å². The van der Waals surface area contributed by atoms with E-state index in [1.165, 1.54) is 21.3 Å². The highest BCUT2D eigenvalue weighted by molar-refractivity contribution is 7.99. The van der Waals surface area contributed by atoms with Crippen molar-refractivity contribution in [1.82, 2.24) is 19.3 Å². The number of carbonyl (C=O) groups excluding carboxylic acids is 1. The van der Waals surface area contributed by atoms with Gasteiger partial charge >= 0.3 is 11.0 Å². The standard InChI is InChI=1S/C19H14F3N5O2S2/c20-19(21,22)11-4-3-5-12(8-11)27-16(24-25-17(27)30-10-15(23)28)9-26-13-6-1-2-7-14(13)31-18(26)29/h1-8H,9-10H2,(H2,23,28). The molecule has 4 aromatic rings. The summed E-state index contributed by atoms with van der Waals surface area (Å²) in [6.45, 7) is -0.0107. The normalized spacial score (nSPS) is 11.8. The number of aromatic nitrogens is 4. The Bertz CT molecular complexity index is 1330. The molecule has 0 aliphatic rings. The lowest BCUT2D eigenvalue weighted by Gasteiger charge is -2.13. The van der Waals surface area contributed by atoms with Crippen LogP contribution in [-0.4, -0.2) is 31.0 Å². The monoisotopic (exact) mass is 465 g/mol. The molecule has 31 heavy (non-hydrogen) atoms. The highest BCUT2D eigenvalue weighted by Gasteiger charge is 2.31. The number of fused-ring (bicyclic) bond motifs is 1. The van der Waals surface area contributed by atoms with Gasteiger partial charge in [0.1, 0.15) is 0 Å². The topological polar surface area (TPSA) is 95.8 Å². The Hall–Kier alpha value is -3.12. The molecule has 2 N–H and O–H groups in total. The number of halogens is 3. The molecule has 0 aliphatic heterocycles. The van der Waals surface area contributed by atoms with Crippen LogP contribution in [0.25, 0.3) is 15.9 Å². The number of thioether (sulfide) groups is 1. The van der Waals surface area contributed by atoms with Gasteiger partial charge in [-0.05, 0) is 30.3 Å². The van der Waals surface area contributed by atoms with Gasteiger partial charge in [-0.1, -0.05) is 41.3 Å². The van der Waals surface area contributed by atoms with Crippen molar-refractivity contribution in [3.05, 3.63) is 69.6 Å². The lowest BCUT2D eigenvalue weighted by Crippen LogP contribution is -2.17. The number of alkyl halides is 3. The Morgan fingerprint density at radius 1 is 1.13 bits per heavy atom. The number of benzene rings is 2. The highest BCUT2D eigenvalue weighted by atomic mass is 32.2. The van der Waals surface area contributed by atoms with Crippen LogP contribution >= 0.6 is 23.1 Å². The van der Waals surface area contributed by atoms with Crippen LogP contribution in [0, 0.1) is 0 Å². The molecule has 0 spiro atoms. The van der Waals surface area contributed by atoms with Crippen LogP contribution in [-0.2, 0) is 17.5 Å². The molecule has 12 heteroatoms. The Morgan fingerprint density at radius 3 is 2.65 bits per heavy atom. The predicted molar refractivity (Wildman–Crippen MR) is 111 cm³/mol. The zero-order valence-corrected chi connectivity index (χ0v) is 17.3. The number of hydrogen-bond donors (Lipinski definition) is 1. The maximum Gasteiger partial charge on any atom is 0.416 e. The third kappa shape index (κ3) is 4.35. The summed E-state index contributed by atoms with van der Waals surface area (Å²) in [6.07, 6.45) is -4.54. The second-order valence-electron chi connectivity index (χ2n) is 6.46. The largest absolute Gasteiger partial charge is 0.416 e. The van der Waals surface area contributed by atoms with Crippen LogP contribution in [0.15, 0.2) is 58.5 Å². The maximum atomic E-state index is 13.2. The van der Waals surface area contributed by atoms with Gasteiger partial charge in [0.2, 0.25) is 5.91 Å². The molecule has 0 radical (unpaired) electrons. The first-order valence-electron chi connectivity index (χ1n) is 8.85. The fourth-order valence-corrected chi connectivity index (χ4v) is 4.62. The van der Waals surface area contributed by atoms with Gasteiger partial charge in [0.25, 0.3) is 0 Å². The van der Waals surface area contributed by atoms with E-state index in [2.05, 4.69) is 10.2 Å². The van der Waals surface area contributed by atoms with Crippen molar-refractivity contribution in [2.24, 2.45) is 5.73 Å². The highest BCUT2D eigenvalue weighted by Crippen LogP contribution is 2.32. The van der Waals surface area contributed by atoms with E-state index in [1.54, 1.807) is 12.1 Å². The van der Waals surface area contributed by atoms with E-state index in [0.717, 1.165) is 39.9 Å². The SMILES string of the molecule is NC(=O)CSc1nnc(Cn2c(=O)sc3ccccc32)n1-c1cccc(C(F)(F)F)c1. The third-order valence-electron chi connectivity index (χ3n) is 4.35. The number of thiazole rings is 1. The molecule has 0 bridgehead atoms. The molecule has 0 fully saturated rings. The molecule has 7 nitrogen and oxygen atoms in total. The van der Waals surface area contributed by atoms with E-state index in [-0.39, 0.29) is 33.8 Å². The number of para-hydroxylation sites is 1. The number of amides is 1. The van der Waals surface area contributed by atoms with Gasteiger partial charge in [-0.25, -0.2) is 0 Å². The van der Waals surface area contributed by atoms with E-state index >= 15 is 0 Å². The Balaban J connectivity index is 1.83. The quantitative estimate of drug-likeness (QED) is 0.441. The fraction of sp³-hybridized carbons (Fsp3) is 0.158. The van der Waals surface area contributed by atoms with Gasteiger partial charge in [-0.2, -0.15) is 13.2 Å². The summed E-state index contributed by atoms with van der Waals surface area (Å²) in [6, 6.07) is 11.9. The number of hydrogen-bond acceptors (Lipinski definition) is 6. The summed E-state index contributed by atoms with van der Waals surface area (Å²) in [5.41, 5.74) is 5.20. The van der Waals surface area contributed by atoms with Crippen molar-refractivity contribution in [2.75, 3.05) is 5.75 Å². The van der Waals surface area contributed by atoms with E-state index in [1.807, 2.05) is 12.1 Å². The zero-order valence-electron chi connectivity index (χ0n) is 15.7. The van der Waals surface area contributed by atoms with E-state index in [0.29, 0.717) is 5.52 Å². The maximum absolute atomic E-state index is 13.2. The van der Waals surface area contributed by atoms with Crippen molar-refractivity contribution in [1.29, 1.82) is 0 Å². The lowest BCUT2D eigenvalue weighted by molar-refractivity contribution is -0.137. The molecule has 1 amide bonds. The van der Waals surface area contributed by atoms with Gasteiger partial charge < -0.3 is 5.73 Å². The van der Waals surface area contributed by atoms with Crippen LogP contribution in [0.4, 0.5) is 13.2 Å². The molecule has 160 valence electrons. The van der Waals surface area contributed by atoms with Crippen LogP contribution in [0.5, 0.6) is 0 Å². The minimum absolute atomic E-state index is 0.0107. The van der Waals surface area contributed by atoms with Crippen molar-refractivity contribution < 1.29 is 18.0 Å². The molecule has 0 saturated heterocycles. The molecular formula is C19H14F3N5O2S2.